The Balaban J connectivity index is 2.06. The third kappa shape index (κ3) is 4.11. The highest BCUT2D eigenvalue weighted by atomic mass is 79.9. The molecule has 20 heavy (non-hydrogen) atoms. The van der Waals surface area contributed by atoms with E-state index in [4.69, 9.17) is 0 Å². The lowest BCUT2D eigenvalue weighted by Gasteiger charge is -2.15. The first kappa shape index (κ1) is 15.1. The Morgan fingerprint density at radius 1 is 1.20 bits per heavy atom. The average Bonchev–Trinajstić information content (AvgIpc) is 2.87. The first-order chi connectivity index (χ1) is 9.56. The third-order valence-electron chi connectivity index (χ3n) is 3.02. The smallest absolute Gasteiger partial charge is 0.168 e. The van der Waals surface area contributed by atoms with Gasteiger partial charge in [-0.15, -0.1) is 5.10 Å². The van der Waals surface area contributed by atoms with Crippen molar-refractivity contribution in [3.05, 3.63) is 40.1 Å². The lowest BCUT2D eigenvalue weighted by Crippen LogP contribution is -2.26. The zero-order valence-electron chi connectivity index (χ0n) is 12.0. The summed E-state index contributed by atoms with van der Waals surface area (Å²) in [4.78, 5) is 0. The molecule has 0 aliphatic rings. The van der Waals surface area contributed by atoms with Gasteiger partial charge in [0.2, 0.25) is 0 Å². The Morgan fingerprint density at radius 3 is 2.55 bits per heavy atom. The van der Waals surface area contributed by atoms with Crippen molar-refractivity contribution < 1.29 is 0 Å². The Labute approximate surface area is 127 Å². The van der Waals surface area contributed by atoms with Gasteiger partial charge in [0.15, 0.2) is 5.82 Å². The van der Waals surface area contributed by atoms with Gasteiger partial charge in [-0.1, -0.05) is 41.9 Å². The largest absolute Gasteiger partial charge is 0.307 e. The van der Waals surface area contributed by atoms with Gasteiger partial charge in [0, 0.05) is 4.47 Å². The SMILES string of the molecule is CC(C)CNC(C)c1nnnn1Cc1ccc(Br)cc1. The summed E-state index contributed by atoms with van der Waals surface area (Å²) >= 11 is 3.44. The Hall–Kier alpha value is -1.27. The quantitative estimate of drug-likeness (QED) is 0.880. The zero-order chi connectivity index (χ0) is 14.5. The molecular weight excluding hydrogens is 318 g/mol. The average molecular weight is 338 g/mol. The van der Waals surface area contributed by atoms with Crippen molar-refractivity contribution in [1.29, 1.82) is 0 Å². The van der Waals surface area contributed by atoms with Gasteiger partial charge in [-0.25, -0.2) is 4.68 Å². The van der Waals surface area contributed by atoms with Crippen molar-refractivity contribution in [2.45, 2.75) is 33.4 Å². The van der Waals surface area contributed by atoms with Crippen molar-refractivity contribution in [1.82, 2.24) is 25.5 Å². The third-order valence-corrected chi connectivity index (χ3v) is 3.55. The molecule has 2 rings (SSSR count). The van der Waals surface area contributed by atoms with E-state index in [9.17, 15) is 0 Å². The molecule has 0 aliphatic heterocycles. The van der Waals surface area contributed by atoms with E-state index >= 15 is 0 Å². The summed E-state index contributed by atoms with van der Waals surface area (Å²) in [6, 6.07) is 8.34. The lowest BCUT2D eigenvalue weighted by molar-refractivity contribution is 0.461. The maximum absolute atomic E-state index is 4.14. The minimum Gasteiger partial charge on any atom is -0.307 e. The molecule has 0 saturated carbocycles. The van der Waals surface area contributed by atoms with Gasteiger partial charge >= 0.3 is 0 Å². The van der Waals surface area contributed by atoms with E-state index in [1.807, 2.05) is 16.8 Å². The van der Waals surface area contributed by atoms with E-state index in [-0.39, 0.29) is 6.04 Å². The Kier molecular flexibility index (Phi) is 5.25. The van der Waals surface area contributed by atoms with Crippen LogP contribution in [0.5, 0.6) is 0 Å². The van der Waals surface area contributed by atoms with Crippen LogP contribution in [0.2, 0.25) is 0 Å². The van der Waals surface area contributed by atoms with Gasteiger partial charge < -0.3 is 5.32 Å². The molecule has 6 heteroatoms. The Bertz CT molecular complexity index is 535. The molecule has 0 aliphatic carbocycles. The maximum Gasteiger partial charge on any atom is 0.168 e. The van der Waals surface area contributed by atoms with Gasteiger partial charge in [-0.05, 0) is 47.5 Å². The first-order valence-electron chi connectivity index (χ1n) is 6.80. The fourth-order valence-electron chi connectivity index (χ4n) is 1.90. The van der Waals surface area contributed by atoms with Crippen molar-refractivity contribution in [3.63, 3.8) is 0 Å². The summed E-state index contributed by atoms with van der Waals surface area (Å²) in [7, 11) is 0. The lowest BCUT2D eigenvalue weighted by atomic mass is 10.2. The number of nitrogens with zero attached hydrogens (tertiary/aromatic N) is 4. The molecule has 0 fully saturated rings. The number of rotatable bonds is 6. The van der Waals surface area contributed by atoms with E-state index in [1.165, 1.54) is 5.56 Å². The van der Waals surface area contributed by atoms with E-state index in [2.05, 4.69) is 69.7 Å². The number of nitrogens with one attached hydrogen (secondary N) is 1. The molecule has 0 amide bonds. The molecule has 0 bridgehead atoms. The summed E-state index contributed by atoms with van der Waals surface area (Å²) in [6.07, 6.45) is 0. The minimum atomic E-state index is 0.142. The van der Waals surface area contributed by atoms with Gasteiger partial charge in [-0.2, -0.15) is 0 Å². The molecule has 0 saturated heterocycles. The van der Waals surface area contributed by atoms with Crippen molar-refractivity contribution in [3.8, 4) is 0 Å². The van der Waals surface area contributed by atoms with Crippen molar-refractivity contribution in [2.75, 3.05) is 6.54 Å². The standard InChI is InChI=1S/C14H20BrN5/c1-10(2)8-16-11(3)14-17-18-19-20(14)9-12-4-6-13(15)7-5-12/h4-7,10-11,16H,8-9H2,1-3H3. The molecule has 2 aromatic rings. The van der Waals surface area contributed by atoms with E-state index in [0.717, 1.165) is 16.8 Å². The molecule has 1 unspecified atom stereocenters. The molecule has 1 heterocycles. The van der Waals surface area contributed by atoms with Crippen LogP contribution in [-0.4, -0.2) is 26.8 Å². The molecule has 1 aromatic heterocycles. The maximum atomic E-state index is 4.14. The molecule has 108 valence electrons. The van der Waals surface area contributed by atoms with Crippen LogP contribution in [0, 0.1) is 5.92 Å². The van der Waals surface area contributed by atoms with Crippen LogP contribution in [0.3, 0.4) is 0 Å². The van der Waals surface area contributed by atoms with Gasteiger partial charge in [0.05, 0.1) is 12.6 Å². The number of hydrogen-bond donors (Lipinski definition) is 1. The summed E-state index contributed by atoms with van der Waals surface area (Å²) in [5.74, 6) is 1.47. The number of benzene rings is 1. The fourth-order valence-corrected chi connectivity index (χ4v) is 2.17. The second kappa shape index (κ2) is 6.95. The summed E-state index contributed by atoms with van der Waals surface area (Å²) in [5, 5.41) is 15.5. The van der Waals surface area contributed by atoms with Gasteiger partial charge in [-0.3, -0.25) is 0 Å². The number of aromatic nitrogens is 4. The van der Waals surface area contributed by atoms with E-state index in [0.29, 0.717) is 12.5 Å². The van der Waals surface area contributed by atoms with Crippen LogP contribution < -0.4 is 5.32 Å². The molecule has 0 radical (unpaired) electrons. The van der Waals surface area contributed by atoms with Gasteiger partial charge in [0.1, 0.15) is 0 Å². The molecule has 1 atom stereocenters. The predicted octanol–water partition coefficient (Wildman–Crippen LogP) is 2.79. The Morgan fingerprint density at radius 2 is 1.90 bits per heavy atom. The van der Waals surface area contributed by atoms with E-state index in [1.54, 1.807) is 0 Å². The predicted molar refractivity (Wildman–Crippen MR) is 82.3 cm³/mol. The first-order valence-corrected chi connectivity index (χ1v) is 7.59. The van der Waals surface area contributed by atoms with Gasteiger partial charge in [0.25, 0.3) is 0 Å². The molecular formula is C14H20BrN5. The normalized spacial score (nSPS) is 12.8. The molecule has 1 aromatic carbocycles. The van der Waals surface area contributed by atoms with Crippen molar-refractivity contribution in [2.24, 2.45) is 5.92 Å². The van der Waals surface area contributed by atoms with Crippen molar-refractivity contribution >= 4 is 15.9 Å². The second-order valence-electron chi connectivity index (χ2n) is 5.34. The number of halogens is 1. The zero-order valence-corrected chi connectivity index (χ0v) is 13.6. The summed E-state index contributed by atoms with van der Waals surface area (Å²) in [5.41, 5.74) is 1.18. The summed E-state index contributed by atoms with van der Waals surface area (Å²) in [6.45, 7) is 8.09. The van der Waals surface area contributed by atoms with Crippen LogP contribution in [-0.2, 0) is 6.54 Å². The second-order valence-corrected chi connectivity index (χ2v) is 6.26. The van der Waals surface area contributed by atoms with Crippen LogP contribution in [0.15, 0.2) is 28.7 Å². The fraction of sp³-hybridized carbons (Fsp3) is 0.500. The van der Waals surface area contributed by atoms with Crippen LogP contribution in [0.1, 0.15) is 38.2 Å². The molecule has 5 nitrogen and oxygen atoms in total. The molecule has 1 N–H and O–H groups in total. The highest BCUT2D eigenvalue weighted by Crippen LogP contribution is 2.13. The van der Waals surface area contributed by atoms with Crippen LogP contribution in [0.4, 0.5) is 0 Å². The summed E-state index contributed by atoms with van der Waals surface area (Å²) < 4.78 is 2.92. The highest BCUT2D eigenvalue weighted by Gasteiger charge is 2.14. The molecule has 0 spiro atoms. The van der Waals surface area contributed by atoms with E-state index < -0.39 is 0 Å². The number of hydrogen-bond acceptors (Lipinski definition) is 4. The van der Waals surface area contributed by atoms with Crippen LogP contribution >= 0.6 is 15.9 Å². The monoisotopic (exact) mass is 337 g/mol. The van der Waals surface area contributed by atoms with Crippen LogP contribution in [0.25, 0.3) is 0 Å². The topological polar surface area (TPSA) is 55.6 Å². The minimum absolute atomic E-state index is 0.142. The highest BCUT2D eigenvalue weighted by molar-refractivity contribution is 9.10. The number of tetrazole rings is 1.